The van der Waals surface area contributed by atoms with Crippen LogP contribution in [0.25, 0.3) is 0 Å². The van der Waals surface area contributed by atoms with Gasteiger partial charge in [-0.05, 0) is 17.7 Å². The fourth-order valence-electron chi connectivity index (χ4n) is 1.10. The van der Waals surface area contributed by atoms with Crippen LogP contribution in [0.4, 0.5) is 13.2 Å². The summed E-state index contributed by atoms with van der Waals surface area (Å²) in [6, 6.07) is 5.45. The van der Waals surface area contributed by atoms with Gasteiger partial charge in [0.2, 0.25) is 10.0 Å². The van der Waals surface area contributed by atoms with Crippen molar-refractivity contribution in [2.75, 3.05) is 6.54 Å². The molecule has 0 heterocycles. The average molecular weight is 305 g/mol. The van der Waals surface area contributed by atoms with Gasteiger partial charge in [0.1, 0.15) is 6.54 Å². The van der Waals surface area contributed by atoms with E-state index in [1.54, 1.807) is 6.07 Å². The van der Waals surface area contributed by atoms with Crippen molar-refractivity contribution in [1.82, 2.24) is 4.72 Å². The summed E-state index contributed by atoms with van der Waals surface area (Å²) >= 11 is 0. The number of benzene rings is 1. The largest absolute Gasteiger partial charge is 0.402 e. The molecule has 0 unspecified atom stereocenters. The third-order valence-electron chi connectivity index (χ3n) is 1.91. The third kappa shape index (κ3) is 5.21. The molecular formula is C9H12ClF3N2O2S. The number of hydrogen-bond acceptors (Lipinski definition) is 3. The quantitative estimate of drug-likeness (QED) is 0.883. The van der Waals surface area contributed by atoms with Crippen molar-refractivity contribution in [3.05, 3.63) is 29.8 Å². The van der Waals surface area contributed by atoms with Gasteiger partial charge >= 0.3 is 6.18 Å². The van der Waals surface area contributed by atoms with Gasteiger partial charge in [0.25, 0.3) is 0 Å². The average Bonchev–Trinajstić information content (AvgIpc) is 2.26. The Balaban J connectivity index is 0.00000289. The van der Waals surface area contributed by atoms with Crippen molar-refractivity contribution >= 4 is 22.4 Å². The molecule has 1 aromatic rings. The van der Waals surface area contributed by atoms with Crippen molar-refractivity contribution < 1.29 is 21.6 Å². The SMILES string of the molecule is Cl.NCc1cccc(S(=O)(=O)NCC(F)(F)F)c1. The van der Waals surface area contributed by atoms with E-state index in [0.717, 1.165) is 0 Å². The third-order valence-corrected chi connectivity index (χ3v) is 3.31. The molecule has 0 aromatic heterocycles. The second-order valence-electron chi connectivity index (χ2n) is 3.29. The van der Waals surface area contributed by atoms with Crippen molar-refractivity contribution in [3.63, 3.8) is 0 Å². The number of nitrogens with two attached hydrogens (primary N) is 1. The molecule has 4 nitrogen and oxygen atoms in total. The molecular weight excluding hydrogens is 293 g/mol. The lowest BCUT2D eigenvalue weighted by atomic mass is 10.2. The Bertz CT molecular complexity index is 491. The molecule has 0 atom stereocenters. The standard InChI is InChI=1S/C9H11F3N2O2S.ClH/c10-9(11,12)6-14-17(15,16)8-3-1-2-7(4-8)5-13;/h1-4,14H,5-6,13H2;1H. The van der Waals surface area contributed by atoms with Crippen molar-refractivity contribution in [2.24, 2.45) is 5.73 Å². The topological polar surface area (TPSA) is 72.2 Å². The summed E-state index contributed by atoms with van der Waals surface area (Å²) in [6.07, 6.45) is -4.58. The van der Waals surface area contributed by atoms with E-state index in [-0.39, 0.29) is 23.8 Å². The second kappa shape index (κ2) is 6.37. The highest BCUT2D eigenvalue weighted by Gasteiger charge is 2.30. The Labute approximate surface area is 109 Å². The van der Waals surface area contributed by atoms with Crippen LogP contribution in [0.2, 0.25) is 0 Å². The Kier molecular flexibility index (Phi) is 6.08. The van der Waals surface area contributed by atoms with E-state index in [1.807, 2.05) is 0 Å². The number of hydrogen-bond donors (Lipinski definition) is 2. The van der Waals surface area contributed by atoms with Crippen LogP contribution in [0.3, 0.4) is 0 Å². The first-order valence-electron chi connectivity index (χ1n) is 4.60. The number of alkyl halides is 3. The van der Waals surface area contributed by atoms with Gasteiger partial charge in [-0.15, -0.1) is 12.4 Å². The van der Waals surface area contributed by atoms with E-state index in [0.29, 0.717) is 5.56 Å². The van der Waals surface area contributed by atoms with Crippen LogP contribution in [0.1, 0.15) is 5.56 Å². The number of sulfonamides is 1. The molecule has 9 heteroatoms. The monoisotopic (exact) mass is 304 g/mol. The lowest BCUT2D eigenvalue weighted by Crippen LogP contribution is -2.33. The normalized spacial score (nSPS) is 12.0. The Morgan fingerprint density at radius 3 is 2.39 bits per heavy atom. The van der Waals surface area contributed by atoms with Crippen molar-refractivity contribution in [2.45, 2.75) is 17.6 Å². The first-order chi connectivity index (χ1) is 7.74. The predicted molar refractivity (Wildman–Crippen MR) is 62.8 cm³/mol. The maximum absolute atomic E-state index is 11.9. The highest BCUT2D eigenvalue weighted by Crippen LogP contribution is 2.15. The highest BCUT2D eigenvalue weighted by atomic mass is 35.5. The lowest BCUT2D eigenvalue weighted by molar-refractivity contribution is -0.121. The maximum Gasteiger partial charge on any atom is 0.402 e. The first-order valence-corrected chi connectivity index (χ1v) is 6.08. The molecule has 104 valence electrons. The molecule has 0 aliphatic rings. The molecule has 0 saturated heterocycles. The lowest BCUT2D eigenvalue weighted by Gasteiger charge is -2.09. The highest BCUT2D eigenvalue weighted by molar-refractivity contribution is 7.89. The van der Waals surface area contributed by atoms with Gasteiger partial charge in [-0.2, -0.15) is 13.2 Å². The zero-order chi connectivity index (χ0) is 13.1. The molecule has 0 spiro atoms. The molecule has 18 heavy (non-hydrogen) atoms. The van der Waals surface area contributed by atoms with E-state index in [9.17, 15) is 21.6 Å². The van der Waals surface area contributed by atoms with Gasteiger partial charge in [0, 0.05) is 6.54 Å². The minimum Gasteiger partial charge on any atom is -0.326 e. The van der Waals surface area contributed by atoms with E-state index in [2.05, 4.69) is 0 Å². The van der Waals surface area contributed by atoms with Crippen LogP contribution < -0.4 is 10.5 Å². The minimum absolute atomic E-state index is 0. The summed E-state index contributed by atoms with van der Waals surface area (Å²) in [5.41, 5.74) is 5.84. The Morgan fingerprint density at radius 1 is 1.28 bits per heavy atom. The smallest absolute Gasteiger partial charge is 0.326 e. The van der Waals surface area contributed by atoms with Crippen LogP contribution in [0.5, 0.6) is 0 Å². The summed E-state index contributed by atoms with van der Waals surface area (Å²) in [7, 11) is -4.15. The minimum atomic E-state index is -4.58. The molecule has 1 rings (SSSR count). The fourth-order valence-corrected chi connectivity index (χ4v) is 2.18. The number of nitrogens with one attached hydrogen (secondary N) is 1. The first kappa shape index (κ1) is 17.2. The molecule has 1 aromatic carbocycles. The maximum atomic E-state index is 11.9. The fraction of sp³-hybridized carbons (Fsp3) is 0.333. The summed E-state index contributed by atoms with van der Waals surface area (Å²) in [5.74, 6) is 0. The molecule has 0 amide bonds. The summed E-state index contributed by atoms with van der Waals surface area (Å²) in [6.45, 7) is -1.48. The van der Waals surface area contributed by atoms with E-state index in [1.165, 1.54) is 22.9 Å². The van der Waals surface area contributed by atoms with E-state index in [4.69, 9.17) is 5.73 Å². The van der Waals surface area contributed by atoms with Crippen LogP contribution in [-0.4, -0.2) is 21.1 Å². The molecule has 0 bridgehead atoms. The van der Waals surface area contributed by atoms with E-state index < -0.39 is 22.7 Å². The number of halogens is 4. The zero-order valence-corrected chi connectivity index (χ0v) is 10.7. The van der Waals surface area contributed by atoms with Gasteiger partial charge in [0.05, 0.1) is 4.90 Å². The Morgan fingerprint density at radius 2 is 1.89 bits per heavy atom. The summed E-state index contributed by atoms with van der Waals surface area (Å²) < 4.78 is 60.2. The molecule has 0 fully saturated rings. The van der Waals surface area contributed by atoms with Crippen LogP contribution >= 0.6 is 12.4 Å². The summed E-state index contributed by atoms with van der Waals surface area (Å²) in [5, 5.41) is 0. The predicted octanol–water partition coefficient (Wildman–Crippen LogP) is 1.41. The molecule has 0 saturated carbocycles. The molecule has 0 aliphatic carbocycles. The van der Waals surface area contributed by atoms with Gasteiger partial charge in [-0.1, -0.05) is 12.1 Å². The van der Waals surface area contributed by atoms with Gasteiger partial charge in [-0.25, -0.2) is 13.1 Å². The van der Waals surface area contributed by atoms with Crippen LogP contribution in [0, 0.1) is 0 Å². The second-order valence-corrected chi connectivity index (χ2v) is 5.06. The zero-order valence-electron chi connectivity index (χ0n) is 9.07. The van der Waals surface area contributed by atoms with Crippen LogP contribution in [0.15, 0.2) is 29.2 Å². The van der Waals surface area contributed by atoms with E-state index >= 15 is 0 Å². The van der Waals surface area contributed by atoms with Gasteiger partial charge < -0.3 is 5.73 Å². The molecule has 0 radical (unpaired) electrons. The molecule has 3 N–H and O–H groups in total. The van der Waals surface area contributed by atoms with Gasteiger partial charge in [0.15, 0.2) is 0 Å². The molecule has 0 aliphatic heterocycles. The van der Waals surface area contributed by atoms with Crippen molar-refractivity contribution in [1.29, 1.82) is 0 Å². The van der Waals surface area contributed by atoms with Gasteiger partial charge in [-0.3, -0.25) is 0 Å². The van der Waals surface area contributed by atoms with Crippen LogP contribution in [-0.2, 0) is 16.6 Å². The van der Waals surface area contributed by atoms with Crippen molar-refractivity contribution in [3.8, 4) is 0 Å². The summed E-state index contributed by atoms with van der Waals surface area (Å²) in [4.78, 5) is -0.232. The number of rotatable bonds is 4. The Hall–Kier alpha value is -0.830.